The molecule has 3 rings (SSSR count). The second kappa shape index (κ2) is 7.86. The van der Waals surface area contributed by atoms with Crippen LogP contribution >= 0.6 is 0 Å². The average molecular weight is 373 g/mol. The number of carbonyl (C=O) groups is 1. The first-order valence-electron chi connectivity index (χ1n) is 8.66. The van der Waals surface area contributed by atoms with Crippen molar-refractivity contribution in [2.24, 2.45) is 0 Å². The van der Waals surface area contributed by atoms with Gasteiger partial charge in [-0.15, -0.1) is 0 Å². The van der Waals surface area contributed by atoms with Gasteiger partial charge in [0.2, 0.25) is 0 Å². The van der Waals surface area contributed by atoms with Crippen LogP contribution in [0.4, 0.5) is 5.69 Å². The van der Waals surface area contributed by atoms with E-state index in [4.69, 9.17) is 0 Å². The first kappa shape index (κ1) is 18.4. The molecule has 1 aliphatic rings. The Morgan fingerprint density at radius 1 is 1.27 bits per heavy atom. The molecule has 1 aromatic heterocycles. The molecular formula is C19H23N3O3S. The molecule has 26 heavy (non-hydrogen) atoms. The molecule has 1 saturated heterocycles. The van der Waals surface area contributed by atoms with E-state index in [0.29, 0.717) is 18.7 Å². The molecule has 1 aromatic carbocycles. The highest BCUT2D eigenvalue weighted by Gasteiger charge is 2.31. The van der Waals surface area contributed by atoms with Crippen LogP contribution in [0.1, 0.15) is 22.5 Å². The Labute approximate surface area is 154 Å². The zero-order valence-corrected chi connectivity index (χ0v) is 15.6. The number of hydrogen-bond acceptors (Lipinski definition) is 5. The maximum atomic E-state index is 12.3. The van der Waals surface area contributed by atoms with Gasteiger partial charge in [0.25, 0.3) is 5.91 Å². The molecule has 1 aliphatic heterocycles. The zero-order valence-electron chi connectivity index (χ0n) is 14.8. The Hall–Kier alpha value is -2.41. The van der Waals surface area contributed by atoms with Crippen molar-refractivity contribution in [2.45, 2.75) is 18.9 Å². The van der Waals surface area contributed by atoms with Gasteiger partial charge in [0.05, 0.1) is 11.5 Å². The van der Waals surface area contributed by atoms with Crippen LogP contribution in [0.15, 0.2) is 48.7 Å². The van der Waals surface area contributed by atoms with Gasteiger partial charge in [-0.2, -0.15) is 0 Å². The quantitative estimate of drug-likeness (QED) is 0.833. The summed E-state index contributed by atoms with van der Waals surface area (Å²) in [5.74, 6) is 0.153. The molecule has 1 fully saturated rings. The summed E-state index contributed by atoms with van der Waals surface area (Å²) in [6.45, 7) is 0.533. The number of aromatic nitrogens is 1. The Balaban J connectivity index is 1.60. The van der Waals surface area contributed by atoms with Crippen LogP contribution in [0.2, 0.25) is 0 Å². The Morgan fingerprint density at radius 2 is 2.04 bits per heavy atom. The monoisotopic (exact) mass is 373 g/mol. The van der Waals surface area contributed by atoms with Crippen LogP contribution in [0.3, 0.4) is 0 Å². The number of benzene rings is 1. The van der Waals surface area contributed by atoms with E-state index < -0.39 is 9.84 Å². The molecule has 7 heteroatoms. The van der Waals surface area contributed by atoms with Crippen LogP contribution in [0.25, 0.3) is 0 Å². The van der Waals surface area contributed by atoms with Crippen molar-refractivity contribution in [3.8, 4) is 0 Å². The molecular weight excluding hydrogens is 350 g/mol. The van der Waals surface area contributed by atoms with Gasteiger partial charge in [-0.1, -0.05) is 30.3 Å². The second-order valence-corrected chi connectivity index (χ2v) is 8.79. The normalized spacial score (nSPS) is 18.4. The van der Waals surface area contributed by atoms with Gasteiger partial charge in [-0.25, -0.2) is 8.42 Å². The minimum absolute atomic E-state index is 0.0589. The van der Waals surface area contributed by atoms with Crippen LogP contribution in [-0.2, 0) is 16.3 Å². The fraction of sp³-hybridized carbons (Fsp3) is 0.368. The predicted octanol–water partition coefficient (Wildman–Crippen LogP) is 1.68. The molecule has 1 N–H and O–H groups in total. The molecule has 1 amide bonds. The van der Waals surface area contributed by atoms with E-state index in [2.05, 4.69) is 10.3 Å². The molecule has 0 aliphatic carbocycles. The molecule has 0 saturated carbocycles. The van der Waals surface area contributed by atoms with E-state index in [1.54, 1.807) is 18.3 Å². The minimum atomic E-state index is -2.95. The van der Waals surface area contributed by atoms with Crippen molar-refractivity contribution >= 4 is 21.4 Å². The lowest BCUT2D eigenvalue weighted by atomic mass is 10.1. The number of nitrogens with zero attached hydrogens (tertiary/aromatic N) is 2. The van der Waals surface area contributed by atoms with Crippen molar-refractivity contribution in [3.05, 3.63) is 59.9 Å². The van der Waals surface area contributed by atoms with Crippen molar-refractivity contribution in [2.75, 3.05) is 30.0 Å². The third kappa shape index (κ3) is 4.60. The van der Waals surface area contributed by atoms with Gasteiger partial charge in [0, 0.05) is 31.5 Å². The van der Waals surface area contributed by atoms with Gasteiger partial charge in [-0.05, 0) is 30.5 Å². The highest BCUT2D eigenvalue weighted by atomic mass is 32.2. The van der Waals surface area contributed by atoms with Crippen LogP contribution in [-0.4, -0.2) is 50.4 Å². The first-order chi connectivity index (χ1) is 12.4. The lowest BCUT2D eigenvalue weighted by Gasteiger charge is -2.25. The molecule has 1 atom stereocenters. The number of amides is 1. The van der Waals surface area contributed by atoms with Crippen molar-refractivity contribution in [3.63, 3.8) is 0 Å². The van der Waals surface area contributed by atoms with E-state index >= 15 is 0 Å². The Bertz CT molecular complexity index is 869. The SMILES string of the molecule is CN(c1ccnc(C(=O)NCCc2ccccc2)c1)C1CCS(=O)(=O)C1. The van der Waals surface area contributed by atoms with Gasteiger partial charge < -0.3 is 10.2 Å². The van der Waals surface area contributed by atoms with Gasteiger partial charge >= 0.3 is 0 Å². The second-order valence-electron chi connectivity index (χ2n) is 6.56. The average Bonchev–Trinajstić information content (AvgIpc) is 3.02. The molecule has 2 heterocycles. The summed E-state index contributed by atoms with van der Waals surface area (Å²) in [6.07, 6.45) is 2.95. The molecule has 0 spiro atoms. The molecule has 138 valence electrons. The zero-order chi connectivity index (χ0) is 18.6. The van der Waals surface area contributed by atoms with Crippen molar-refractivity contribution in [1.29, 1.82) is 0 Å². The highest BCUT2D eigenvalue weighted by molar-refractivity contribution is 7.91. The molecule has 1 unspecified atom stereocenters. The fourth-order valence-electron chi connectivity index (χ4n) is 3.11. The lowest BCUT2D eigenvalue weighted by molar-refractivity contribution is 0.0949. The van der Waals surface area contributed by atoms with Crippen LogP contribution < -0.4 is 10.2 Å². The van der Waals surface area contributed by atoms with Gasteiger partial charge in [0.1, 0.15) is 5.69 Å². The summed E-state index contributed by atoms with van der Waals surface area (Å²) in [6, 6.07) is 13.4. The Morgan fingerprint density at radius 3 is 2.73 bits per heavy atom. The van der Waals surface area contributed by atoms with Gasteiger partial charge in [-0.3, -0.25) is 9.78 Å². The third-order valence-corrected chi connectivity index (χ3v) is 6.43. The topological polar surface area (TPSA) is 79.4 Å². The summed E-state index contributed by atoms with van der Waals surface area (Å²) in [5.41, 5.74) is 2.30. The van der Waals surface area contributed by atoms with E-state index in [1.807, 2.05) is 42.3 Å². The molecule has 2 aromatic rings. The van der Waals surface area contributed by atoms with E-state index in [-0.39, 0.29) is 23.5 Å². The number of hydrogen-bond donors (Lipinski definition) is 1. The summed E-state index contributed by atoms with van der Waals surface area (Å²) < 4.78 is 23.4. The highest BCUT2D eigenvalue weighted by Crippen LogP contribution is 2.23. The number of nitrogens with one attached hydrogen (secondary N) is 1. The summed E-state index contributed by atoms with van der Waals surface area (Å²) >= 11 is 0. The standard InChI is InChI=1S/C19H23N3O3S/c1-22(17-9-12-26(24,25)14-17)16-8-11-20-18(13-16)19(23)21-10-7-15-5-3-2-4-6-15/h2-6,8,11,13,17H,7,9-10,12,14H2,1H3,(H,21,23). The number of anilines is 1. The molecule has 0 bridgehead atoms. The Kier molecular flexibility index (Phi) is 5.56. The number of sulfone groups is 1. The number of pyridine rings is 1. The van der Waals surface area contributed by atoms with Gasteiger partial charge in [0.15, 0.2) is 9.84 Å². The first-order valence-corrected chi connectivity index (χ1v) is 10.5. The van der Waals surface area contributed by atoms with Crippen LogP contribution in [0.5, 0.6) is 0 Å². The maximum absolute atomic E-state index is 12.3. The number of carbonyl (C=O) groups excluding carboxylic acids is 1. The fourth-order valence-corrected chi connectivity index (χ4v) is 4.88. The van der Waals surface area contributed by atoms with Crippen LogP contribution in [0, 0.1) is 0 Å². The van der Waals surface area contributed by atoms with E-state index in [1.165, 1.54) is 0 Å². The number of rotatable bonds is 6. The summed E-state index contributed by atoms with van der Waals surface area (Å²) in [4.78, 5) is 18.4. The maximum Gasteiger partial charge on any atom is 0.269 e. The largest absolute Gasteiger partial charge is 0.370 e. The van der Waals surface area contributed by atoms with Crippen molar-refractivity contribution < 1.29 is 13.2 Å². The van der Waals surface area contributed by atoms with Crippen molar-refractivity contribution in [1.82, 2.24) is 10.3 Å². The van der Waals surface area contributed by atoms with E-state index in [0.717, 1.165) is 17.7 Å². The third-order valence-electron chi connectivity index (χ3n) is 4.68. The van der Waals surface area contributed by atoms with E-state index in [9.17, 15) is 13.2 Å². The smallest absolute Gasteiger partial charge is 0.269 e. The lowest BCUT2D eigenvalue weighted by Crippen LogP contribution is -2.33. The summed E-state index contributed by atoms with van der Waals surface area (Å²) in [7, 11) is -1.09. The molecule has 6 nitrogen and oxygen atoms in total. The summed E-state index contributed by atoms with van der Waals surface area (Å²) in [5, 5.41) is 2.88. The molecule has 0 radical (unpaired) electrons. The minimum Gasteiger partial charge on any atom is -0.370 e. The predicted molar refractivity (Wildman–Crippen MR) is 102 cm³/mol.